The van der Waals surface area contributed by atoms with Gasteiger partial charge in [0, 0.05) is 23.1 Å². The lowest BCUT2D eigenvalue weighted by molar-refractivity contribution is -0.128. The average molecular weight is 571 g/mol. The molecular formula is C24H27Cl3FN7O2. The Morgan fingerprint density at radius 3 is 2.62 bits per heavy atom. The van der Waals surface area contributed by atoms with E-state index in [2.05, 4.69) is 15.3 Å². The van der Waals surface area contributed by atoms with E-state index in [0.29, 0.717) is 82.2 Å². The number of aromatic nitrogens is 4. The number of rotatable bonds is 5. The lowest BCUT2D eigenvalue weighted by Gasteiger charge is -2.35. The molecule has 0 spiro atoms. The minimum Gasteiger partial charge on any atom is -0.378 e. The molecule has 37 heavy (non-hydrogen) atoms. The number of hydrogen-bond acceptors (Lipinski definition) is 6. The van der Waals surface area contributed by atoms with Crippen molar-refractivity contribution >= 4 is 63.5 Å². The summed E-state index contributed by atoms with van der Waals surface area (Å²) >= 11 is 18.9. The fourth-order valence-corrected chi connectivity index (χ4v) is 5.85. The molecule has 1 aromatic carbocycles. The van der Waals surface area contributed by atoms with Gasteiger partial charge in [0.2, 0.25) is 17.5 Å². The Balaban J connectivity index is 1.60. The van der Waals surface area contributed by atoms with Crippen LogP contribution in [-0.2, 0) is 9.53 Å². The van der Waals surface area contributed by atoms with Gasteiger partial charge in [-0.15, -0.1) is 0 Å². The Bertz CT molecular complexity index is 1380. The number of alkyl halides is 1. The topological polar surface area (TPSA) is 123 Å². The van der Waals surface area contributed by atoms with Crippen molar-refractivity contribution in [1.82, 2.24) is 19.5 Å². The Morgan fingerprint density at radius 2 is 1.97 bits per heavy atom. The third-order valence-electron chi connectivity index (χ3n) is 7.29. The van der Waals surface area contributed by atoms with Crippen molar-refractivity contribution in [2.24, 2.45) is 16.1 Å². The highest BCUT2D eigenvalue weighted by Crippen LogP contribution is 2.41. The van der Waals surface area contributed by atoms with Crippen molar-refractivity contribution in [3.05, 3.63) is 39.0 Å². The Hall–Kier alpha value is -2.40. The number of amides is 1. The fourth-order valence-electron chi connectivity index (χ4n) is 4.95. The van der Waals surface area contributed by atoms with Crippen LogP contribution in [0.15, 0.2) is 23.3 Å². The van der Waals surface area contributed by atoms with Crippen molar-refractivity contribution in [3.63, 3.8) is 0 Å². The molecule has 4 N–H and O–H groups in total. The summed E-state index contributed by atoms with van der Waals surface area (Å²) in [7, 11) is 0. The van der Waals surface area contributed by atoms with Gasteiger partial charge in [-0.2, -0.15) is 4.98 Å². The highest BCUT2D eigenvalue weighted by Gasteiger charge is 2.37. The molecule has 2 aromatic heterocycles. The van der Waals surface area contributed by atoms with Crippen LogP contribution in [0.3, 0.4) is 0 Å². The zero-order valence-corrected chi connectivity index (χ0v) is 22.4. The van der Waals surface area contributed by atoms with E-state index in [9.17, 15) is 9.18 Å². The second-order valence-electron chi connectivity index (χ2n) is 9.87. The molecule has 0 bridgehead atoms. The molecule has 3 aromatic rings. The molecule has 2 aliphatic rings. The Labute approximate surface area is 227 Å². The van der Waals surface area contributed by atoms with Crippen LogP contribution in [0.1, 0.15) is 45.1 Å². The molecule has 0 radical (unpaired) electrons. The number of H-pyrrole nitrogens is 1. The SMILES string of the molecule is C[C@]1(C(N)=O)CC[C@@H](n2/c(=N/c3c(Cl)cc(Cl)cc3Cl)[nH]c3cnc(N[C@@H]4CCOC[C@H]4F)nc32)CC1. The molecule has 0 unspecified atom stereocenters. The van der Waals surface area contributed by atoms with E-state index in [1.807, 2.05) is 11.5 Å². The minimum absolute atomic E-state index is 0.0375. The number of nitrogens with two attached hydrogens (primary N) is 1. The number of nitrogens with one attached hydrogen (secondary N) is 2. The van der Waals surface area contributed by atoms with Crippen molar-refractivity contribution < 1.29 is 13.9 Å². The maximum atomic E-state index is 14.4. The molecule has 1 amide bonds. The number of anilines is 1. The van der Waals surface area contributed by atoms with Crippen LogP contribution in [0, 0.1) is 5.41 Å². The Morgan fingerprint density at radius 1 is 1.27 bits per heavy atom. The van der Waals surface area contributed by atoms with Crippen molar-refractivity contribution in [3.8, 4) is 0 Å². The number of imidazole rings is 1. The summed E-state index contributed by atoms with van der Waals surface area (Å²) in [5.41, 5.74) is 7.16. The van der Waals surface area contributed by atoms with Gasteiger partial charge >= 0.3 is 0 Å². The molecule has 2 atom stereocenters. The van der Waals surface area contributed by atoms with Crippen LogP contribution in [0.25, 0.3) is 11.2 Å². The predicted molar refractivity (Wildman–Crippen MR) is 141 cm³/mol. The third-order valence-corrected chi connectivity index (χ3v) is 8.09. The van der Waals surface area contributed by atoms with Gasteiger partial charge in [-0.25, -0.2) is 14.4 Å². The van der Waals surface area contributed by atoms with Crippen LogP contribution < -0.4 is 16.7 Å². The summed E-state index contributed by atoms with van der Waals surface area (Å²) in [6, 6.07) is 2.66. The summed E-state index contributed by atoms with van der Waals surface area (Å²) in [5.74, 6) is 0.00672. The van der Waals surface area contributed by atoms with Crippen LogP contribution in [0.4, 0.5) is 16.0 Å². The van der Waals surface area contributed by atoms with E-state index >= 15 is 0 Å². The maximum absolute atomic E-state index is 14.4. The first kappa shape index (κ1) is 26.2. The zero-order valence-electron chi connectivity index (χ0n) is 20.1. The quantitative estimate of drug-likeness (QED) is 0.394. The monoisotopic (exact) mass is 569 g/mol. The van der Waals surface area contributed by atoms with E-state index < -0.39 is 17.6 Å². The molecule has 1 aliphatic carbocycles. The van der Waals surface area contributed by atoms with Crippen molar-refractivity contribution in [2.75, 3.05) is 18.5 Å². The summed E-state index contributed by atoms with van der Waals surface area (Å²) in [6.45, 7) is 2.41. The molecule has 2 fully saturated rings. The number of hydrogen-bond donors (Lipinski definition) is 3. The minimum atomic E-state index is -1.16. The largest absolute Gasteiger partial charge is 0.378 e. The first-order chi connectivity index (χ1) is 17.6. The second-order valence-corrected chi connectivity index (χ2v) is 11.1. The van der Waals surface area contributed by atoms with E-state index in [1.54, 1.807) is 18.3 Å². The van der Waals surface area contributed by atoms with Gasteiger partial charge in [-0.3, -0.25) is 9.36 Å². The third kappa shape index (κ3) is 5.30. The highest BCUT2D eigenvalue weighted by molar-refractivity contribution is 6.41. The van der Waals surface area contributed by atoms with Gasteiger partial charge < -0.3 is 20.8 Å². The highest BCUT2D eigenvalue weighted by atomic mass is 35.5. The van der Waals surface area contributed by atoms with Crippen LogP contribution in [-0.4, -0.2) is 50.9 Å². The number of ether oxygens (including phenoxy) is 1. The van der Waals surface area contributed by atoms with E-state index in [0.717, 1.165) is 0 Å². The smallest absolute Gasteiger partial charge is 0.225 e. The van der Waals surface area contributed by atoms with Crippen LogP contribution >= 0.6 is 34.8 Å². The molecule has 1 aliphatic heterocycles. The molecule has 9 nitrogen and oxygen atoms in total. The van der Waals surface area contributed by atoms with Gasteiger partial charge in [0.05, 0.1) is 28.9 Å². The van der Waals surface area contributed by atoms with Crippen molar-refractivity contribution in [1.29, 1.82) is 0 Å². The van der Waals surface area contributed by atoms with E-state index in [4.69, 9.17) is 55.2 Å². The number of carbonyl (C=O) groups is 1. The maximum Gasteiger partial charge on any atom is 0.225 e. The lowest BCUT2D eigenvalue weighted by Crippen LogP contribution is -2.40. The van der Waals surface area contributed by atoms with Gasteiger partial charge in [0.15, 0.2) is 5.65 Å². The average Bonchev–Trinajstić information content (AvgIpc) is 3.20. The van der Waals surface area contributed by atoms with Crippen LogP contribution in [0.5, 0.6) is 0 Å². The summed E-state index contributed by atoms with van der Waals surface area (Å²) in [6.07, 6.45) is 3.59. The van der Waals surface area contributed by atoms with Gasteiger partial charge in [0.1, 0.15) is 17.4 Å². The lowest BCUT2D eigenvalue weighted by atomic mass is 9.73. The van der Waals surface area contributed by atoms with Crippen molar-refractivity contribution in [2.45, 2.75) is 57.3 Å². The summed E-state index contributed by atoms with van der Waals surface area (Å²) < 4.78 is 21.5. The summed E-state index contributed by atoms with van der Waals surface area (Å²) in [4.78, 5) is 29.2. The standard InChI is InChI=1S/C24H27Cl3FN7O2/c1-24(21(29)36)5-2-13(3-6-24)35-20-18(10-30-22(34-20)31-17-4-7-37-11-16(17)28)32-23(35)33-19-14(26)8-12(25)9-15(19)27/h8-10,13,16-17H,2-7,11H2,1H3,(H2,29,36)(H,32,33)(H,30,31,34)/t13-,16-,17-,24+/m1/s1. The predicted octanol–water partition coefficient (Wildman–Crippen LogP) is 5.10. The number of nitrogens with zero attached hydrogens (tertiary/aromatic N) is 4. The van der Waals surface area contributed by atoms with Gasteiger partial charge in [-0.1, -0.05) is 41.7 Å². The zero-order chi connectivity index (χ0) is 26.3. The Kier molecular flexibility index (Phi) is 7.37. The number of carbonyl (C=O) groups excluding carboxylic acids is 1. The first-order valence-corrected chi connectivity index (χ1v) is 13.2. The number of aromatic amines is 1. The molecule has 198 valence electrons. The normalized spacial score (nSPS) is 26.9. The number of fused-ring (bicyclic) bond motifs is 1. The summed E-state index contributed by atoms with van der Waals surface area (Å²) in [5, 5.41) is 4.11. The van der Waals surface area contributed by atoms with Gasteiger partial charge in [0.25, 0.3) is 0 Å². The number of benzene rings is 1. The molecule has 13 heteroatoms. The number of halogens is 4. The van der Waals surface area contributed by atoms with E-state index in [-0.39, 0.29) is 18.6 Å². The first-order valence-electron chi connectivity index (χ1n) is 12.1. The molecule has 1 saturated carbocycles. The molecule has 5 rings (SSSR count). The number of primary amides is 1. The van der Waals surface area contributed by atoms with Gasteiger partial charge in [-0.05, 0) is 44.2 Å². The fraction of sp³-hybridized carbons (Fsp3) is 0.500. The molecule has 3 heterocycles. The second kappa shape index (κ2) is 10.4. The van der Waals surface area contributed by atoms with E-state index in [1.165, 1.54) is 0 Å². The molecular weight excluding hydrogens is 544 g/mol. The molecule has 1 saturated heterocycles. The van der Waals surface area contributed by atoms with Crippen LogP contribution in [0.2, 0.25) is 15.1 Å².